The van der Waals surface area contributed by atoms with Crippen LogP contribution in [0.3, 0.4) is 0 Å². The Hall–Kier alpha value is -1.68. The van der Waals surface area contributed by atoms with E-state index in [-0.39, 0.29) is 12.2 Å². The molecule has 2 aromatic rings. The molecule has 0 radical (unpaired) electrons. The molecule has 0 N–H and O–H groups in total. The Morgan fingerprint density at radius 3 is 2.61 bits per heavy atom. The van der Waals surface area contributed by atoms with E-state index in [0.717, 1.165) is 29.8 Å². The minimum Gasteiger partial charge on any atom is -0.372 e. The molecule has 0 amide bonds. The van der Waals surface area contributed by atoms with Crippen molar-refractivity contribution in [3.8, 4) is 0 Å². The summed E-state index contributed by atoms with van der Waals surface area (Å²) in [6.07, 6.45) is 2.12. The molecule has 4 nitrogen and oxygen atoms in total. The summed E-state index contributed by atoms with van der Waals surface area (Å²) in [6, 6.07) is 8.13. The number of hydrogen-bond donors (Lipinski definition) is 0. The number of nitrogens with zero attached hydrogens (tertiary/aromatic N) is 3. The Morgan fingerprint density at radius 2 is 1.83 bits per heavy atom. The number of morpholine rings is 1. The minimum absolute atomic E-state index is 0.238. The van der Waals surface area contributed by atoms with Crippen molar-refractivity contribution in [1.82, 2.24) is 9.97 Å². The van der Waals surface area contributed by atoms with E-state index in [9.17, 15) is 0 Å². The lowest BCUT2D eigenvalue weighted by molar-refractivity contribution is -0.00537. The first-order valence-corrected chi connectivity index (χ1v) is 6.34. The van der Waals surface area contributed by atoms with Gasteiger partial charge in [0.2, 0.25) is 0 Å². The van der Waals surface area contributed by atoms with Crippen LogP contribution in [0.4, 0.5) is 5.82 Å². The minimum atomic E-state index is 0.238. The molecule has 4 heteroatoms. The zero-order valence-corrected chi connectivity index (χ0v) is 10.7. The lowest BCUT2D eigenvalue weighted by Crippen LogP contribution is -2.45. The fourth-order valence-corrected chi connectivity index (χ4v) is 2.59. The fraction of sp³-hybridized carbons (Fsp3) is 0.429. The molecule has 1 aromatic heterocycles. The highest BCUT2D eigenvalue weighted by atomic mass is 16.5. The summed E-state index contributed by atoms with van der Waals surface area (Å²) in [5.74, 6) is 1.02. The summed E-state index contributed by atoms with van der Waals surface area (Å²) in [7, 11) is 0. The smallest absolute Gasteiger partial charge is 0.140 e. The Labute approximate surface area is 107 Å². The van der Waals surface area contributed by atoms with Gasteiger partial charge in [0, 0.05) is 18.5 Å². The van der Waals surface area contributed by atoms with Crippen LogP contribution in [0.2, 0.25) is 0 Å². The quantitative estimate of drug-likeness (QED) is 0.770. The number of aromatic nitrogens is 2. The molecular formula is C14H17N3O. The summed E-state index contributed by atoms with van der Waals surface area (Å²) < 4.78 is 5.76. The molecule has 1 fully saturated rings. The van der Waals surface area contributed by atoms with E-state index in [1.807, 2.05) is 18.2 Å². The van der Waals surface area contributed by atoms with Crippen molar-refractivity contribution in [2.24, 2.45) is 0 Å². The third-order valence-corrected chi connectivity index (χ3v) is 3.24. The van der Waals surface area contributed by atoms with Crippen LogP contribution < -0.4 is 4.90 Å². The molecule has 3 rings (SSSR count). The number of para-hydroxylation sites is 1. The maximum atomic E-state index is 5.76. The van der Waals surface area contributed by atoms with Crippen molar-refractivity contribution in [2.75, 3.05) is 18.0 Å². The molecule has 18 heavy (non-hydrogen) atoms. The number of anilines is 1. The SMILES string of the molecule is C[C@@H]1CN(c2ncnc3ccccc23)C[C@H](C)O1. The molecule has 2 heterocycles. The molecule has 2 atom stereocenters. The van der Waals surface area contributed by atoms with Gasteiger partial charge in [0.15, 0.2) is 0 Å². The van der Waals surface area contributed by atoms with Gasteiger partial charge in [0.1, 0.15) is 12.1 Å². The van der Waals surface area contributed by atoms with Gasteiger partial charge in [-0.05, 0) is 26.0 Å². The van der Waals surface area contributed by atoms with Crippen molar-refractivity contribution in [3.63, 3.8) is 0 Å². The fourth-order valence-electron chi connectivity index (χ4n) is 2.59. The second-order valence-electron chi connectivity index (χ2n) is 4.88. The third-order valence-electron chi connectivity index (χ3n) is 3.24. The molecule has 94 valence electrons. The number of hydrogen-bond acceptors (Lipinski definition) is 4. The molecule has 1 aliphatic rings. The van der Waals surface area contributed by atoms with E-state index < -0.39 is 0 Å². The van der Waals surface area contributed by atoms with Crippen molar-refractivity contribution >= 4 is 16.7 Å². The third kappa shape index (κ3) is 2.04. The lowest BCUT2D eigenvalue weighted by Gasteiger charge is -2.36. The topological polar surface area (TPSA) is 38.2 Å². The molecule has 0 unspecified atom stereocenters. The van der Waals surface area contributed by atoms with Crippen LogP contribution in [0.1, 0.15) is 13.8 Å². The van der Waals surface area contributed by atoms with Crippen LogP contribution in [-0.2, 0) is 4.74 Å². The van der Waals surface area contributed by atoms with Crippen LogP contribution in [0.25, 0.3) is 10.9 Å². The van der Waals surface area contributed by atoms with Gasteiger partial charge >= 0.3 is 0 Å². The second-order valence-corrected chi connectivity index (χ2v) is 4.88. The highest BCUT2D eigenvalue weighted by Gasteiger charge is 2.24. The predicted molar refractivity (Wildman–Crippen MR) is 71.8 cm³/mol. The normalized spacial score (nSPS) is 24.4. The van der Waals surface area contributed by atoms with Gasteiger partial charge < -0.3 is 9.64 Å². The van der Waals surface area contributed by atoms with Crippen LogP contribution in [-0.4, -0.2) is 35.3 Å². The van der Waals surface area contributed by atoms with Crippen molar-refractivity contribution in [3.05, 3.63) is 30.6 Å². The zero-order valence-electron chi connectivity index (χ0n) is 10.7. The van der Waals surface area contributed by atoms with Crippen LogP contribution in [0.15, 0.2) is 30.6 Å². The number of rotatable bonds is 1. The van der Waals surface area contributed by atoms with Crippen molar-refractivity contribution in [1.29, 1.82) is 0 Å². The number of ether oxygens (including phenoxy) is 1. The Morgan fingerprint density at radius 1 is 1.11 bits per heavy atom. The van der Waals surface area contributed by atoms with E-state index in [2.05, 4.69) is 34.8 Å². The van der Waals surface area contributed by atoms with E-state index in [4.69, 9.17) is 4.74 Å². The summed E-state index contributed by atoms with van der Waals surface area (Å²) in [5, 5.41) is 1.11. The number of benzene rings is 1. The maximum absolute atomic E-state index is 5.76. The Bertz CT molecular complexity index is 542. The first kappa shape index (κ1) is 11.4. The van der Waals surface area contributed by atoms with E-state index in [1.54, 1.807) is 6.33 Å². The molecule has 0 aliphatic carbocycles. The van der Waals surface area contributed by atoms with Gasteiger partial charge in [-0.1, -0.05) is 12.1 Å². The average molecular weight is 243 g/mol. The van der Waals surface area contributed by atoms with Crippen LogP contribution in [0, 0.1) is 0 Å². The molecular weight excluding hydrogens is 226 g/mol. The van der Waals surface area contributed by atoms with E-state index in [0.29, 0.717) is 0 Å². The molecule has 1 aliphatic heterocycles. The highest BCUT2D eigenvalue weighted by Crippen LogP contribution is 2.25. The molecule has 1 saturated heterocycles. The number of fused-ring (bicyclic) bond motifs is 1. The summed E-state index contributed by atoms with van der Waals surface area (Å²) in [6.45, 7) is 5.97. The van der Waals surface area contributed by atoms with Gasteiger partial charge in [0.05, 0.1) is 17.7 Å². The Kier molecular flexibility index (Phi) is 2.88. The first-order valence-electron chi connectivity index (χ1n) is 6.34. The van der Waals surface area contributed by atoms with Crippen molar-refractivity contribution in [2.45, 2.75) is 26.1 Å². The van der Waals surface area contributed by atoms with E-state index >= 15 is 0 Å². The predicted octanol–water partition coefficient (Wildman–Crippen LogP) is 2.24. The van der Waals surface area contributed by atoms with Gasteiger partial charge in [-0.15, -0.1) is 0 Å². The summed E-state index contributed by atoms with van der Waals surface area (Å²) in [4.78, 5) is 11.1. The summed E-state index contributed by atoms with van der Waals surface area (Å²) in [5.41, 5.74) is 0.995. The Balaban J connectivity index is 2.03. The molecule has 0 spiro atoms. The first-order chi connectivity index (χ1) is 8.74. The molecule has 1 aromatic carbocycles. The lowest BCUT2D eigenvalue weighted by atomic mass is 10.2. The van der Waals surface area contributed by atoms with Gasteiger partial charge in [-0.25, -0.2) is 9.97 Å². The average Bonchev–Trinajstić information content (AvgIpc) is 2.37. The monoisotopic (exact) mass is 243 g/mol. The standard InChI is InChI=1S/C14H17N3O/c1-10-7-17(8-11(2)18-10)14-12-5-3-4-6-13(12)15-9-16-14/h3-6,9-11H,7-8H2,1-2H3/t10-,11+. The largest absolute Gasteiger partial charge is 0.372 e. The van der Waals surface area contributed by atoms with Crippen molar-refractivity contribution < 1.29 is 4.74 Å². The zero-order chi connectivity index (χ0) is 12.5. The second kappa shape index (κ2) is 4.53. The van der Waals surface area contributed by atoms with Crippen LogP contribution in [0.5, 0.6) is 0 Å². The van der Waals surface area contributed by atoms with E-state index in [1.165, 1.54) is 0 Å². The summed E-state index contributed by atoms with van der Waals surface area (Å²) >= 11 is 0. The van der Waals surface area contributed by atoms with Crippen LogP contribution >= 0.6 is 0 Å². The van der Waals surface area contributed by atoms with Gasteiger partial charge in [-0.3, -0.25) is 0 Å². The molecule has 0 bridgehead atoms. The van der Waals surface area contributed by atoms with Gasteiger partial charge in [0.25, 0.3) is 0 Å². The molecule has 0 saturated carbocycles. The highest BCUT2D eigenvalue weighted by molar-refractivity contribution is 5.89. The maximum Gasteiger partial charge on any atom is 0.140 e. The van der Waals surface area contributed by atoms with Gasteiger partial charge in [-0.2, -0.15) is 0 Å².